The van der Waals surface area contributed by atoms with Crippen molar-refractivity contribution >= 4 is 41.4 Å². The van der Waals surface area contributed by atoms with Gasteiger partial charge in [0.2, 0.25) is 11.7 Å². The molecule has 2 rings (SSSR count). The standard InChI is InChI=1S/C17H19ClN2O5/c1-17(2,3)25-16(24)20-9-15(23)19(8-13(20)14(22)10-21)12-6-4-5-11(18)7-12/h4-7,10,13H,8-9H2,1-3H3/t13-/m0/s1. The quantitative estimate of drug-likeness (QED) is 0.604. The number of Topliss-reactive ketones (excluding diaryl/α,β-unsaturated/α-hetero) is 1. The fourth-order valence-corrected chi connectivity index (χ4v) is 2.63. The first-order valence-corrected chi connectivity index (χ1v) is 8.05. The molecule has 0 unspecified atom stereocenters. The van der Waals surface area contributed by atoms with E-state index < -0.39 is 29.4 Å². The van der Waals surface area contributed by atoms with E-state index in [4.69, 9.17) is 16.3 Å². The minimum Gasteiger partial charge on any atom is -0.444 e. The molecule has 25 heavy (non-hydrogen) atoms. The SMILES string of the molecule is CC(C)(C)OC(=O)N1CC(=O)N(c2cccc(Cl)c2)C[C@H]1C(=O)C=O. The van der Waals surface area contributed by atoms with Gasteiger partial charge in [0.05, 0.1) is 6.54 Å². The number of carbonyl (C=O) groups excluding carboxylic acids is 4. The number of ketones is 1. The average molecular weight is 367 g/mol. The minimum absolute atomic E-state index is 0.143. The summed E-state index contributed by atoms with van der Waals surface area (Å²) in [5.41, 5.74) is -0.302. The molecule has 1 aromatic carbocycles. The van der Waals surface area contributed by atoms with Crippen molar-refractivity contribution in [3.8, 4) is 0 Å². The van der Waals surface area contributed by atoms with Gasteiger partial charge in [0.15, 0.2) is 6.29 Å². The molecule has 1 aromatic rings. The van der Waals surface area contributed by atoms with Crippen molar-refractivity contribution in [1.29, 1.82) is 0 Å². The van der Waals surface area contributed by atoms with E-state index in [0.717, 1.165) is 4.90 Å². The molecule has 2 amide bonds. The molecule has 1 atom stereocenters. The Kier molecular flexibility index (Phi) is 5.47. The first kappa shape index (κ1) is 18.9. The van der Waals surface area contributed by atoms with Gasteiger partial charge in [-0.05, 0) is 39.0 Å². The molecular formula is C17H19ClN2O5. The maximum atomic E-state index is 12.5. The van der Waals surface area contributed by atoms with Crippen molar-refractivity contribution in [2.75, 3.05) is 18.0 Å². The summed E-state index contributed by atoms with van der Waals surface area (Å²) in [6.45, 7) is 4.50. The second kappa shape index (κ2) is 7.23. The Morgan fingerprint density at radius 3 is 2.56 bits per heavy atom. The number of hydrogen-bond acceptors (Lipinski definition) is 5. The highest BCUT2D eigenvalue weighted by atomic mass is 35.5. The number of amides is 2. The van der Waals surface area contributed by atoms with Gasteiger partial charge in [0.1, 0.15) is 18.2 Å². The van der Waals surface area contributed by atoms with Gasteiger partial charge in [-0.3, -0.25) is 19.3 Å². The zero-order valence-corrected chi connectivity index (χ0v) is 14.9. The maximum absolute atomic E-state index is 12.5. The Morgan fingerprint density at radius 1 is 1.32 bits per heavy atom. The number of rotatable bonds is 3. The molecule has 1 aliphatic rings. The van der Waals surface area contributed by atoms with Crippen LogP contribution < -0.4 is 4.90 Å². The van der Waals surface area contributed by atoms with Gasteiger partial charge < -0.3 is 9.64 Å². The third-order valence-electron chi connectivity index (χ3n) is 3.53. The zero-order valence-electron chi connectivity index (χ0n) is 14.2. The van der Waals surface area contributed by atoms with Crippen LogP contribution in [0.3, 0.4) is 0 Å². The lowest BCUT2D eigenvalue weighted by molar-refractivity contribution is -0.135. The normalized spacial score (nSPS) is 18.1. The largest absolute Gasteiger partial charge is 0.444 e. The first-order chi connectivity index (χ1) is 11.6. The van der Waals surface area contributed by atoms with Crippen LogP contribution in [0.5, 0.6) is 0 Å². The molecule has 8 heteroatoms. The van der Waals surface area contributed by atoms with Crippen LogP contribution in [0, 0.1) is 0 Å². The smallest absolute Gasteiger partial charge is 0.411 e. The van der Waals surface area contributed by atoms with E-state index in [2.05, 4.69) is 0 Å². The topological polar surface area (TPSA) is 84.0 Å². The lowest BCUT2D eigenvalue weighted by Crippen LogP contribution is -2.61. The van der Waals surface area contributed by atoms with Gasteiger partial charge in [-0.15, -0.1) is 0 Å². The predicted molar refractivity (Wildman–Crippen MR) is 91.6 cm³/mol. The maximum Gasteiger partial charge on any atom is 0.411 e. The Morgan fingerprint density at radius 2 is 2.00 bits per heavy atom. The van der Waals surface area contributed by atoms with E-state index in [1.807, 2.05) is 0 Å². The molecule has 0 aliphatic carbocycles. The van der Waals surface area contributed by atoms with Crippen molar-refractivity contribution in [2.45, 2.75) is 32.4 Å². The van der Waals surface area contributed by atoms with Crippen molar-refractivity contribution < 1.29 is 23.9 Å². The number of nitrogens with zero attached hydrogens (tertiary/aromatic N) is 2. The molecule has 134 valence electrons. The fourth-order valence-electron chi connectivity index (χ4n) is 2.44. The number of aldehydes is 1. The van der Waals surface area contributed by atoms with Gasteiger partial charge in [-0.1, -0.05) is 17.7 Å². The van der Waals surface area contributed by atoms with Gasteiger partial charge in [0, 0.05) is 10.7 Å². The zero-order chi connectivity index (χ0) is 18.8. The summed E-state index contributed by atoms with van der Waals surface area (Å²) in [5, 5.41) is 0.429. The van der Waals surface area contributed by atoms with Crippen LogP contribution in [0.1, 0.15) is 20.8 Å². The third-order valence-corrected chi connectivity index (χ3v) is 3.77. The van der Waals surface area contributed by atoms with Crippen molar-refractivity contribution in [1.82, 2.24) is 4.90 Å². The second-order valence-electron chi connectivity index (χ2n) is 6.63. The first-order valence-electron chi connectivity index (χ1n) is 7.67. The average Bonchev–Trinajstić information content (AvgIpc) is 2.52. The Balaban J connectivity index is 2.30. The van der Waals surface area contributed by atoms with Crippen LogP contribution in [0.4, 0.5) is 10.5 Å². The van der Waals surface area contributed by atoms with E-state index in [9.17, 15) is 19.2 Å². The monoisotopic (exact) mass is 366 g/mol. The summed E-state index contributed by atoms with van der Waals surface area (Å²) < 4.78 is 5.24. The van der Waals surface area contributed by atoms with E-state index in [1.54, 1.807) is 45.0 Å². The summed E-state index contributed by atoms with van der Waals surface area (Å²) in [5.74, 6) is -1.20. The van der Waals surface area contributed by atoms with E-state index in [0.29, 0.717) is 10.7 Å². The number of hydrogen-bond donors (Lipinski definition) is 0. The number of benzene rings is 1. The van der Waals surface area contributed by atoms with E-state index in [1.165, 1.54) is 4.90 Å². The molecule has 7 nitrogen and oxygen atoms in total. The molecule has 0 aromatic heterocycles. The summed E-state index contributed by atoms with van der Waals surface area (Å²) >= 11 is 5.94. The summed E-state index contributed by atoms with van der Waals surface area (Å²) in [6, 6.07) is 5.45. The van der Waals surface area contributed by atoms with E-state index >= 15 is 0 Å². The number of anilines is 1. The third kappa shape index (κ3) is 4.57. The van der Waals surface area contributed by atoms with Crippen LogP contribution in [0.2, 0.25) is 5.02 Å². The fraction of sp³-hybridized carbons (Fsp3) is 0.412. The van der Waals surface area contributed by atoms with Gasteiger partial charge in [0.25, 0.3) is 0 Å². The predicted octanol–water partition coefficient (Wildman–Crippen LogP) is 2.06. The lowest BCUT2D eigenvalue weighted by Gasteiger charge is -2.39. The molecule has 1 saturated heterocycles. The highest BCUT2D eigenvalue weighted by Crippen LogP contribution is 2.24. The molecule has 0 saturated carbocycles. The highest BCUT2D eigenvalue weighted by Gasteiger charge is 2.41. The molecule has 0 radical (unpaired) electrons. The van der Waals surface area contributed by atoms with Crippen LogP contribution in [-0.4, -0.2) is 53.7 Å². The van der Waals surface area contributed by atoms with Crippen molar-refractivity contribution in [2.24, 2.45) is 0 Å². The van der Waals surface area contributed by atoms with Gasteiger partial charge >= 0.3 is 6.09 Å². The summed E-state index contributed by atoms with van der Waals surface area (Å²) in [4.78, 5) is 50.1. The van der Waals surface area contributed by atoms with E-state index in [-0.39, 0.29) is 19.4 Å². The molecule has 0 N–H and O–H groups in total. The van der Waals surface area contributed by atoms with Crippen LogP contribution in [0.15, 0.2) is 24.3 Å². The Labute approximate surface area is 150 Å². The molecule has 1 heterocycles. The number of piperazine rings is 1. The van der Waals surface area contributed by atoms with Gasteiger partial charge in [-0.2, -0.15) is 0 Å². The van der Waals surface area contributed by atoms with Crippen LogP contribution >= 0.6 is 11.6 Å². The Hall–Kier alpha value is -2.41. The number of ether oxygens (including phenoxy) is 1. The van der Waals surface area contributed by atoms with Crippen LogP contribution in [0.25, 0.3) is 0 Å². The second-order valence-corrected chi connectivity index (χ2v) is 7.06. The summed E-state index contributed by atoms with van der Waals surface area (Å²) in [7, 11) is 0. The van der Waals surface area contributed by atoms with Gasteiger partial charge in [-0.25, -0.2) is 4.79 Å². The Bertz CT molecular complexity index is 713. The lowest BCUT2D eigenvalue weighted by atomic mass is 10.1. The van der Waals surface area contributed by atoms with Crippen molar-refractivity contribution in [3.63, 3.8) is 0 Å². The summed E-state index contributed by atoms with van der Waals surface area (Å²) in [6.07, 6.45) is -0.666. The molecule has 1 aliphatic heterocycles. The molecule has 0 spiro atoms. The van der Waals surface area contributed by atoms with Crippen LogP contribution in [-0.2, 0) is 19.1 Å². The number of carbonyl (C=O) groups is 4. The highest BCUT2D eigenvalue weighted by molar-refractivity contribution is 6.31. The molecular weight excluding hydrogens is 348 g/mol. The number of halogens is 1. The minimum atomic E-state index is -1.11. The molecule has 1 fully saturated rings. The molecule has 0 bridgehead atoms. The van der Waals surface area contributed by atoms with Crippen molar-refractivity contribution in [3.05, 3.63) is 29.3 Å².